The van der Waals surface area contributed by atoms with Crippen LogP contribution < -0.4 is 0 Å². The van der Waals surface area contributed by atoms with Crippen molar-refractivity contribution in [1.29, 1.82) is 0 Å². The van der Waals surface area contributed by atoms with Crippen molar-refractivity contribution in [2.24, 2.45) is 5.92 Å². The highest BCUT2D eigenvalue weighted by Crippen LogP contribution is 2.80. The van der Waals surface area contributed by atoms with E-state index in [1.165, 1.54) is 7.11 Å². The summed E-state index contributed by atoms with van der Waals surface area (Å²) in [5.41, 5.74) is 0. The molecule has 0 aromatic carbocycles. The van der Waals surface area contributed by atoms with Gasteiger partial charge in [0.1, 0.15) is 5.92 Å². The first-order valence-electron chi connectivity index (χ1n) is 5.60. The van der Waals surface area contributed by atoms with Crippen molar-refractivity contribution in [3.63, 3.8) is 0 Å². The second kappa shape index (κ2) is 4.22. The Balaban J connectivity index is 2.42. The summed E-state index contributed by atoms with van der Waals surface area (Å²) in [7, 11) is 2.38. The Morgan fingerprint density at radius 3 is 2.29 bits per heavy atom. The normalized spacial score (nSPS) is 50.6. The summed E-state index contributed by atoms with van der Waals surface area (Å²) in [6, 6.07) is 0. The van der Waals surface area contributed by atoms with Crippen molar-refractivity contribution in [2.45, 2.75) is 19.9 Å². The molecule has 1 saturated heterocycles. The maximum Gasteiger partial charge on any atom is 0.326 e. The molecular formula is C11H7BrCl4O5. The van der Waals surface area contributed by atoms with Gasteiger partial charge in [-0.25, -0.2) is 0 Å². The smallest absolute Gasteiger partial charge is 0.326 e. The van der Waals surface area contributed by atoms with E-state index in [9.17, 15) is 9.59 Å². The number of esters is 2. The molecule has 3 rings (SSSR count). The molecule has 0 spiro atoms. The van der Waals surface area contributed by atoms with E-state index in [1.807, 2.05) is 0 Å². The molecule has 21 heavy (non-hydrogen) atoms. The minimum Gasteiger partial charge on any atom is -0.468 e. The van der Waals surface area contributed by atoms with Gasteiger partial charge in [0.15, 0.2) is 14.1 Å². The summed E-state index contributed by atoms with van der Waals surface area (Å²) in [4.78, 5) is 21.0. The standard InChI is InChI=1S/C11H7BrCl4O5/c1-19-7(18)8(12)3-6(17)21-11(20-2)9(3,15)4(13)5(14)10(8,11)16/h3H,1-2H3/t3-,8+,9+,10+,11-/m0/s1. The van der Waals surface area contributed by atoms with Gasteiger partial charge < -0.3 is 14.2 Å². The number of ether oxygens (including phenoxy) is 3. The molecule has 0 N–H and O–H groups in total. The molecule has 2 fully saturated rings. The number of carbonyl (C=O) groups excluding carboxylic acids is 2. The third-order valence-corrected chi connectivity index (χ3v) is 8.54. The van der Waals surface area contributed by atoms with Crippen LogP contribution in [-0.2, 0) is 23.8 Å². The Bertz CT molecular complexity index is 626. The summed E-state index contributed by atoms with van der Waals surface area (Å²) in [5.74, 6) is -4.79. The second-order valence-corrected chi connectivity index (χ2v) is 8.05. The molecule has 0 radical (unpaired) electrons. The Kier molecular flexibility index (Phi) is 3.24. The van der Waals surface area contributed by atoms with Gasteiger partial charge in [0.2, 0.25) is 0 Å². The van der Waals surface area contributed by atoms with Gasteiger partial charge in [0.05, 0.1) is 17.2 Å². The number of hydrogen-bond donors (Lipinski definition) is 0. The fourth-order valence-electron chi connectivity index (χ4n) is 3.45. The topological polar surface area (TPSA) is 61.8 Å². The van der Waals surface area contributed by atoms with Crippen molar-refractivity contribution < 1.29 is 23.8 Å². The van der Waals surface area contributed by atoms with Crippen LogP contribution in [0.1, 0.15) is 0 Å². The lowest BCUT2D eigenvalue weighted by Gasteiger charge is -2.45. The van der Waals surface area contributed by atoms with Crippen LogP contribution in [0.2, 0.25) is 0 Å². The minimum absolute atomic E-state index is 0.0856. The van der Waals surface area contributed by atoms with E-state index >= 15 is 0 Å². The fourth-order valence-corrected chi connectivity index (χ4v) is 6.94. The molecule has 5 atom stereocenters. The Labute approximate surface area is 147 Å². The molecule has 10 heteroatoms. The van der Waals surface area contributed by atoms with Gasteiger partial charge in [-0.15, -0.1) is 23.2 Å². The molecule has 116 valence electrons. The first-order chi connectivity index (χ1) is 9.61. The van der Waals surface area contributed by atoms with Gasteiger partial charge in [-0.3, -0.25) is 9.59 Å². The maximum atomic E-state index is 12.3. The van der Waals surface area contributed by atoms with Crippen LogP contribution in [0.25, 0.3) is 0 Å². The Morgan fingerprint density at radius 2 is 1.86 bits per heavy atom. The van der Waals surface area contributed by atoms with Crippen molar-refractivity contribution in [2.75, 3.05) is 14.2 Å². The molecule has 3 aliphatic rings. The predicted molar refractivity (Wildman–Crippen MR) is 78.9 cm³/mol. The first kappa shape index (κ1) is 16.1. The molecule has 4 bridgehead atoms. The SMILES string of the molecule is COC(=O)[C@]1(Br)[C@@H]2C(=O)O[C@]3(OC)[C@@]1(Cl)C(Cl)=C(Cl)[C@]23Cl. The van der Waals surface area contributed by atoms with Crippen LogP contribution in [-0.4, -0.2) is 46.0 Å². The summed E-state index contributed by atoms with van der Waals surface area (Å²) in [6.45, 7) is 0. The van der Waals surface area contributed by atoms with Gasteiger partial charge in [0, 0.05) is 7.11 Å². The lowest BCUT2D eigenvalue weighted by atomic mass is 9.81. The molecule has 0 unspecified atom stereocenters. The zero-order valence-corrected chi connectivity index (χ0v) is 15.1. The summed E-state index contributed by atoms with van der Waals surface area (Å²) in [6.07, 6.45) is 0. The fraction of sp³-hybridized carbons (Fsp3) is 0.636. The van der Waals surface area contributed by atoms with E-state index in [0.29, 0.717) is 0 Å². The summed E-state index contributed by atoms with van der Waals surface area (Å²) >= 11 is 28.8. The van der Waals surface area contributed by atoms with E-state index in [-0.39, 0.29) is 10.1 Å². The number of hydrogen-bond acceptors (Lipinski definition) is 5. The molecule has 1 saturated carbocycles. The van der Waals surface area contributed by atoms with Crippen LogP contribution in [0.3, 0.4) is 0 Å². The van der Waals surface area contributed by atoms with Crippen LogP contribution >= 0.6 is 62.3 Å². The van der Waals surface area contributed by atoms with E-state index in [2.05, 4.69) is 15.9 Å². The lowest BCUT2D eigenvalue weighted by molar-refractivity contribution is -0.219. The zero-order valence-electron chi connectivity index (χ0n) is 10.5. The van der Waals surface area contributed by atoms with Crippen molar-refractivity contribution in [1.82, 2.24) is 0 Å². The van der Waals surface area contributed by atoms with Crippen LogP contribution in [0, 0.1) is 5.92 Å². The maximum absolute atomic E-state index is 12.3. The molecule has 5 nitrogen and oxygen atoms in total. The summed E-state index contributed by atoms with van der Waals surface area (Å²) < 4.78 is 13.6. The quantitative estimate of drug-likeness (QED) is 0.487. The van der Waals surface area contributed by atoms with Gasteiger partial charge >= 0.3 is 11.9 Å². The minimum atomic E-state index is -1.92. The first-order valence-corrected chi connectivity index (χ1v) is 7.91. The molecule has 0 aromatic heterocycles. The van der Waals surface area contributed by atoms with Gasteiger partial charge in [-0.05, 0) is 0 Å². The number of methoxy groups -OCH3 is 2. The number of rotatable bonds is 2. The lowest BCUT2D eigenvalue weighted by Crippen LogP contribution is -2.65. The van der Waals surface area contributed by atoms with Crippen LogP contribution in [0.4, 0.5) is 0 Å². The third-order valence-electron chi connectivity index (χ3n) is 4.29. The number of carbonyl (C=O) groups is 2. The molecule has 0 amide bonds. The van der Waals surface area contributed by atoms with E-state index in [1.54, 1.807) is 0 Å². The third kappa shape index (κ3) is 1.20. The number of halogens is 5. The molecule has 2 aliphatic carbocycles. The zero-order chi connectivity index (χ0) is 16.0. The predicted octanol–water partition coefficient (Wildman–Crippen LogP) is 2.48. The highest BCUT2D eigenvalue weighted by molar-refractivity contribution is 9.10. The average molecular weight is 441 g/mol. The molecule has 1 heterocycles. The van der Waals surface area contributed by atoms with Crippen molar-refractivity contribution in [3.05, 3.63) is 10.1 Å². The second-order valence-electron chi connectivity index (χ2n) is 4.88. The number of alkyl halides is 3. The average Bonchev–Trinajstić information content (AvgIpc) is 2.82. The largest absolute Gasteiger partial charge is 0.468 e. The van der Waals surface area contributed by atoms with E-state index in [4.69, 9.17) is 60.6 Å². The highest BCUT2D eigenvalue weighted by Gasteiger charge is 2.98. The Morgan fingerprint density at radius 1 is 1.29 bits per heavy atom. The summed E-state index contributed by atoms with van der Waals surface area (Å²) in [5, 5.41) is -0.216. The van der Waals surface area contributed by atoms with Gasteiger partial charge in [0.25, 0.3) is 5.79 Å². The van der Waals surface area contributed by atoms with Gasteiger partial charge in [-0.1, -0.05) is 39.1 Å². The van der Waals surface area contributed by atoms with Crippen LogP contribution in [0.15, 0.2) is 10.1 Å². The van der Waals surface area contributed by atoms with Crippen molar-refractivity contribution >= 4 is 74.3 Å². The van der Waals surface area contributed by atoms with Crippen LogP contribution in [0.5, 0.6) is 0 Å². The monoisotopic (exact) mass is 438 g/mol. The molecule has 0 aromatic rings. The Hall–Kier alpha value is 0.280. The molecule has 1 aliphatic heterocycles. The van der Waals surface area contributed by atoms with E-state index < -0.39 is 37.7 Å². The van der Waals surface area contributed by atoms with Gasteiger partial charge in [-0.2, -0.15) is 0 Å². The van der Waals surface area contributed by atoms with Crippen molar-refractivity contribution in [3.8, 4) is 0 Å². The highest BCUT2D eigenvalue weighted by atomic mass is 79.9. The van der Waals surface area contributed by atoms with E-state index in [0.717, 1.165) is 7.11 Å². The molecular weight excluding hydrogens is 434 g/mol.